The average Bonchev–Trinajstić information content (AvgIpc) is 3.18. The Bertz CT molecular complexity index is 1500. The van der Waals surface area contributed by atoms with Crippen molar-refractivity contribution < 1.29 is 9.21 Å². The summed E-state index contributed by atoms with van der Waals surface area (Å²) in [6.07, 6.45) is 0. The maximum absolute atomic E-state index is 12.9. The molecule has 0 atom stereocenters. The standard InChI is InChI=1S/C26H23N5O3/c1-26(2,3)18-8-5-9-19(13-18)28-24(31-23(32)17-7-4-6-16(12-17)15-27)29-20-10-11-21-22(14-20)34-25(33)30-21/h4-14H,1-3H3,(H,30,33)(H2,28,29,31,32). The van der Waals surface area contributed by atoms with E-state index < -0.39 is 11.7 Å². The molecule has 0 saturated carbocycles. The Morgan fingerprint density at radius 1 is 1.06 bits per heavy atom. The van der Waals surface area contributed by atoms with Gasteiger partial charge in [0.1, 0.15) is 0 Å². The number of H-pyrrole nitrogens is 1. The number of guanidine groups is 1. The molecule has 0 bridgehead atoms. The van der Waals surface area contributed by atoms with E-state index in [1.54, 1.807) is 36.4 Å². The number of nitrogens with one attached hydrogen (secondary N) is 3. The lowest BCUT2D eigenvalue weighted by Gasteiger charge is -2.20. The first-order valence-corrected chi connectivity index (χ1v) is 10.6. The van der Waals surface area contributed by atoms with Crippen LogP contribution in [0.5, 0.6) is 0 Å². The molecule has 0 aliphatic carbocycles. The average molecular weight is 454 g/mol. The van der Waals surface area contributed by atoms with Crippen molar-refractivity contribution in [3.63, 3.8) is 0 Å². The maximum atomic E-state index is 12.9. The molecule has 0 radical (unpaired) electrons. The molecule has 0 saturated heterocycles. The summed E-state index contributed by atoms with van der Waals surface area (Å²) in [5.74, 6) is -0.806. The van der Waals surface area contributed by atoms with Gasteiger partial charge in [0.05, 0.1) is 22.8 Å². The number of nitrogens with zero attached hydrogens (tertiary/aromatic N) is 2. The van der Waals surface area contributed by atoms with Gasteiger partial charge >= 0.3 is 5.76 Å². The van der Waals surface area contributed by atoms with E-state index in [4.69, 9.17) is 9.68 Å². The van der Waals surface area contributed by atoms with Gasteiger partial charge in [0.25, 0.3) is 5.91 Å². The minimum Gasteiger partial charge on any atom is -0.408 e. The molecule has 170 valence electrons. The summed E-state index contributed by atoms with van der Waals surface area (Å²) in [4.78, 5) is 31.5. The van der Waals surface area contributed by atoms with Gasteiger partial charge in [0.2, 0.25) is 5.96 Å². The lowest BCUT2D eigenvalue weighted by Crippen LogP contribution is -2.36. The smallest absolute Gasteiger partial charge is 0.408 e. The fraction of sp³-hybridized carbons (Fsp3) is 0.154. The third-order valence-electron chi connectivity index (χ3n) is 5.12. The van der Waals surface area contributed by atoms with Crippen LogP contribution in [0.2, 0.25) is 0 Å². The predicted molar refractivity (Wildman–Crippen MR) is 131 cm³/mol. The summed E-state index contributed by atoms with van der Waals surface area (Å²) in [6.45, 7) is 6.35. The Balaban J connectivity index is 1.70. The summed E-state index contributed by atoms with van der Waals surface area (Å²) in [6, 6.07) is 21.2. The van der Waals surface area contributed by atoms with Crippen molar-refractivity contribution in [3.05, 3.63) is 94.0 Å². The zero-order chi connectivity index (χ0) is 24.3. The Morgan fingerprint density at radius 2 is 1.85 bits per heavy atom. The van der Waals surface area contributed by atoms with Gasteiger partial charge in [-0.3, -0.25) is 15.1 Å². The molecule has 0 unspecified atom stereocenters. The van der Waals surface area contributed by atoms with Crippen molar-refractivity contribution in [3.8, 4) is 6.07 Å². The first-order chi connectivity index (χ1) is 16.2. The van der Waals surface area contributed by atoms with E-state index in [1.165, 1.54) is 6.07 Å². The molecule has 1 heterocycles. The van der Waals surface area contributed by atoms with E-state index in [9.17, 15) is 9.59 Å². The maximum Gasteiger partial charge on any atom is 0.417 e. The van der Waals surface area contributed by atoms with Crippen molar-refractivity contribution in [1.82, 2.24) is 10.3 Å². The number of carbonyl (C=O) groups excluding carboxylic acids is 1. The highest BCUT2D eigenvalue weighted by atomic mass is 16.4. The van der Waals surface area contributed by atoms with Crippen LogP contribution < -0.4 is 16.4 Å². The van der Waals surface area contributed by atoms with Gasteiger partial charge in [-0.15, -0.1) is 0 Å². The summed E-state index contributed by atoms with van der Waals surface area (Å²) in [5.41, 5.74) is 3.87. The van der Waals surface area contributed by atoms with Crippen LogP contribution >= 0.6 is 0 Å². The van der Waals surface area contributed by atoms with Gasteiger partial charge in [-0.2, -0.15) is 5.26 Å². The highest BCUT2D eigenvalue weighted by Crippen LogP contribution is 2.25. The van der Waals surface area contributed by atoms with E-state index in [1.807, 2.05) is 30.3 Å². The number of aromatic nitrogens is 1. The monoisotopic (exact) mass is 453 g/mol. The first-order valence-electron chi connectivity index (χ1n) is 10.6. The predicted octanol–water partition coefficient (Wildman–Crippen LogP) is 4.82. The van der Waals surface area contributed by atoms with Crippen molar-refractivity contribution in [1.29, 1.82) is 5.26 Å². The Hall–Kier alpha value is -4.64. The number of nitriles is 1. The number of anilines is 1. The summed E-state index contributed by atoms with van der Waals surface area (Å²) >= 11 is 0. The number of benzene rings is 3. The van der Waals surface area contributed by atoms with Gasteiger partial charge in [0, 0.05) is 17.3 Å². The van der Waals surface area contributed by atoms with Gasteiger partial charge in [-0.1, -0.05) is 39.0 Å². The molecule has 1 amide bonds. The molecule has 8 nitrogen and oxygen atoms in total. The number of aromatic amines is 1. The molecule has 0 aliphatic heterocycles. The molecule has 3 N–H and O–H groups in total. The molecule has 34 heavy (non-hydrogen) atoms. The SMILES string of the molecule is CC(C)(C)c1cccc(NC(=Nc2ccc3[nH]c(=O)oc3c2)NC(=O)c2cccc(C#N)c2)c1. The van der Waals surface area contributed by atoms with Crippen LogP contribution in [0, 0.1) is 11.3 Å². The van der Waals surface area contributed by atoms with Crippen molar-refractivity contribution in [2.24, 2.45) is 4.99 Å². The molecule has 0 spiro atoms. The second-order valence-electron chi connectivity index (χ2n) is 8.76. The van der Waals surface area contributed by atoms with E-state index in [0.717, 1.165) is 11.3 Å². The van der Waals surface area contributed by atoms with E-state index in [2.05, 4.69) is 41.4 Å². The van der Waals surface area contributed by atoms with Gasteiger partial charge in [-0.05, 0) is 53.4 Å². The second kappa shape index (κ2) is 9.08. The van der Waals surface area contributed by atoms with Crippen LogP contribution in [0.3, 0.4) is 0 Å². The number of rotatable bonds is 3. The third-order valence-corrected chi connectivity index (χ3v) is 5.12. The van der Waals surface area contributed by atoms with Crippen LogP contribution in [-0.2, 0) is 5.41 Å². The van der Waals surface area contributed by atoms with Gasteiger partial charge in [-0.25, -0.2) is 9.79 Å². The highest BCUT2D eigenvalue weighted by molar-refractivity contribution is 6.10. The molecule has 0 aliphatic rings. The zero-order valence-corrected chi connectivity index (χ0v) is 19.0. The van der Waals surface area contributed by atoms with Crippen molar-refractivity contribution in [2.45, 2.75) is 26.2 Å². The van der Waals surface area contributed by atoms with Crippen molar-refractivity contribution >= 4 is 34.3 Å². The Morgan fingerprint density at radius 3 is 2.62 bits per heavy atom. The Labute approximate surface area is 196 Å². The molecule has 4 rings (SSSR count). The number of hydrogen-bond donors (Lipinski definition) is 3. The largest absolute Gasteiger partial charge is 0.417 e. The van der Waals surface area contributed by atoms with Crippen LogP contribution in [-0.4, -0.2) is 16.9 Å². The summed E-state index contributed by atoms with van der Waals surface area (Å²) < 4.78 is 5.12. The molecular formula is C26H23N5O3. The lowest BCUT2D eigenvalue weighted by atomic mass is 9.87. The van der Waals surface area contributed by atoms with E-state index in [-0.39, 0.29) is 11.4 Å². The molecule has 4 aromatic rings. The topological polar surface area (TPSA) is 123 Å². The zero-order valence-electron chi connectivity index (χ0n) is 19.0. The van der Waals surface area contributed by atoms with Gasteiger partial charge in [0.15, 0.2) is 5.58 Å². The lowest BCUT2D eigenvalue weighted by molar-refractivity contribution is 0.0977. The van der Waals surface area contributed by atoms with Gasteiger partial charge < -0.3 is 9.73 Å². The molecule has 1 aromatic heterocycles. The Kier molecular flexibility index (Phi) is 6.02. The summed E-state index contributed by atoms with van der Waals surface area (Å²) in [5, 5.41) is 15.1. The highest BCUT2D eigenvalue weighted by Gasteiger charge is 2.15. The third kappa shape index (κ3) is 5.22. The molecule has 3 aromatic carbocycles. The fourth-order valence-electron chi connectivity index (χ4n) is 3.33. The first kappa shape index (κ1) is 22.6. The number of fused-ring (bicyclic) bond motifs is 1. The number of aliphatic imine (C=N–C) groups is 1. The number of amides is 1. The van der Waals surface area contributed by atoms with E-state index in [0.29, 0.717) is 27.9 Å². The summed E-state index contributed by atoms with van der Waals surface area (Å²) in [7, 11) is 0. The normalized spacial score (nSPS) is 11.8. The minimum atomic E-state index is -0.556. The van der Waals surface area contributed by atoms with Crippen LogP contribution in [0.15, 0.2) is 80.9 Å². The molecule has 0 fully saturated rings. The fourth-order valence-corrected chi connectivity index (χ4v) is 3.33. The molecular weight excluding hydrogens is 430 g/mol. The number of carbonyl (C=O) groups is 1. The number of hydrogen-bond acceptors (Lipinski definition) is 5. The van der Waals surface area contributed by atoms with Crippen LogP contribution in [0.25, 0.3) is 11.1 Å². The van der Waals surface area contributed by atoms with E-state index >= 15 is 0 Å². The van der Waals surface area contributed by atoms with Crippen LogP contribution in [0.4, 0.5) is 11.4 Å². The minimum absolute atomic E-state index is 0.0627. The van der Waals surface area contributed by atoms with Crippen molar-refractivity contribution in [2.75, 3.05) is 5.32 Å². The number of oxazole rings is 1. The second-order valence-corrected chi connectivity index (χ2v) is 8.76. The molecule has 8 heteroatoms. The quantitative estimate of drug-likeness (QED) is 0.303. The van der Waals surface area contributed by atoms with Crippen LogP contribution in [0.1, 0.15) is 42.3 Å².